The standard InChI is InChI=1S/C5H10O4S/c1-9-5-4(6)2-3-10(5,7)8/h4-6H,2-3H2,1H3/t4-,5-/m1/s1. The molecule has 0 aromatic carbocycles. The molecule has 0 amide bonds. The van der Waals surface area contributed by atoms with Gasteiger partial charge in [0.15, 0.2) is 15.3 Å². The number of methoxy groups -OCH3 is 1. The summed E-state index contributed by atoms with van der Waals surface area (Å²) < 4.78 is 26.4. The maximum absolute atomic E-state index is 10.9. The minimum Gasteiger partial charge on any atom is -0.389 e. The van der Waals surface area contributed by atoms with Gasteiger partial charge in [-0.25, -0.2) is 8.42 Å². The maximum atomic E-state index is 10.9. The summed E-state index contributed by atoms with van der Waals surface area (Å²) in [6.07, 6.45) is -0.545. The van der Waals surface area contributed by atoms with E-state index < -0.39 is 21.4 Å². The normalized spacial score (nSPS) is 38.2. The summed E-state index contributed by atoms with van der Waals surface area (Å²) in [4.78, 5) is 0. The van der Waals surface area contributed by atoms with Gasteiger partial charge in [0, 0.05) is 7.11 Å². The number of hydrogen-bond acceptors (Lipinski definition) is 4. The molecule has 1 heterocycles. The van der Waals surface area contributed by atoms with Gasteiger partial charge in [-0.1, -0.05) is 0 Å². The Hall–Kier alpha value is -0.130. The number of ether oxygens (including phenoxy) is 1. The summed E-state index contributed by atoms with van der Waals surface area (Å²) in [5, 5.41) is 9.02. The molecule has 4 nitrogen and oxygen atoms in total. The smallest absolute Gasteiger partial charge is 0.183 e. The van der Waals surface area contributed by atoms with Crippen LogP contribution in [0.25, 0.3) is 0 Å². The summed E-state index contributed by atoms with van der Waals surface area (Å²) in [7, 11) is -1.87. The first-order chi connectivity index (χ1) is 4.58. The van der Waals surface area contributed by atoms with Gasteiger partial charge in [-0.05, 0) is 6.42 Å². The van der Waals surface area contributed by atoms with Crippen molar-refractivity contribution in [3.63, 3.8) is 0 Å². The molecule has 1 N–H and O–H groups in total. The first-order valence-electron chi connectivity index (χ1n) is 3.00. The Morgan fingerprint density at radius 3 is 2.40 bits per heavy atom. The van der Waals surface area contributed by atoms with E-state index >= 15 is 0 Å². The summed E-state index contributed by atoms with van der Waals surface area (Å²) in [5.41, 5.74) is -0.993. The fraction of sp³-hybridized carbons (Fsp3) is 1.00. The van der Waals surface area contributed by atoms with Gasteiger partial charge in [-0.15, -0.1) is 0 Å². The largest absolute Gasteiger partial charge is 0.389 e. The molecule has 1 aliphatic heterocycles. The van der Waals surface area contributed by atoms with Crippen LogP contribution in [-0.4, -0.2) is 37.9 Å². The van der Waals surface area contributed by atoms with Gasteiger partial charge in [0.25, 0.3) is 0 Å². The molecule has 60 valence electrons. The fourth-order valence-corrected chi connectivity index (χ4v) is 2.79. The second kappa shape index (κ2) is 2.48. The lowest BCUT2D eigenvalue weighted by molar-refractivity contribution is 0.0447. The second-order valence-corrected chi connectivity index (χ2v) is 4.53. The Morgan fingerprint density at radius 2 is 2.20 bits per heavy atom. The van der Waals surface area contributed by atoms with Crippen LogP contribution in [0.1, 0.15) is 6.42 Å². The molecule has 10 heavy (non-hydrogen) atoms. The molecule has 0 aromatic heterocycles. The molecule has 1 fully saturated rings. The van der Waals surface area contributed by atoms with Crippen molar-refractivity contribution in [3.05, 3.63) is 0 Å². The van der Waals surface area contributed by atoms with Crippen LogP contribution in [0.15, 0.2) is 0 Å². The van der Waals surface area contributed by atoms with Crippen LogP contribution in [0.5, 0.6) is 0 Å². The third-order valence-corrected chi connectivity index (χ3v) is 3.62. The van der Waals surface area contributed by atoms with Crippen molar-refractivity contribution >= 4 is 9.84 Å². The van der Waals surface area contributed by atoms with Crippen molar-refractivity contribution in [2.75, 3.05) is 12.9 Å². The average molecular weight is 166 g/mol. The predicted molar refractivity (Wildman–Crippen MR) is 35.2 cm³/mol. The molecule has 0 radical (unpaired) electrons. The van der Waals surface area contributed by atoms with Gasteiger partial charge in [-0.3, -0.25) is 0 Å². The van der Waals surface area contributed by atoms with Gasteiger partial charge < -0.3 is 9.84 Å². The molecule has 0 saturated carbocycles. The highest BCUT2D eigenvalue weighted by molar-refractivity contribution is 7.92. The molecule has 5 heteroatoms. The van der Waals surface area contributed by atoms with Crippen molar-refractivity contribution in [3.8, 4) is 0 Å². The third-order valence-electron chi connectivity index (χ3n) is 1.60. The van der Waals surface area contributed by atoms with Gasteiger partial charge in [0.1, 0.15) is 0 Å². The van der Waals surface area contributed by atoms with Gasteiger partial charge in [0.05, 0.1) is 11.9 Å². The molecule has 0 spiro atoms. The van der Waals surface area contributed by atoms with E-state index in [0.717, 1.165) is 0 Å². The fourth-order valence-electron chi connectivity index (χ4n) is 1.08. The van der Waals surface area contributed by atoms with Crippen LogP contribution in [0.3, 0.4) is 0 Å². The van der Waals surface area contributed by atoms with Crippen molar-refractivity contribution in [2.45, 2.75) is 18.0 Å². The summed E-state index contributed by atoms with van der Waals surface area (Å²) in [5.74, 6) is 0.0344. The average Bonchev–Trinajstić information content (AvgIpc) is 2.07. The SMILES string of the molecule is CO[C@H]1[C@H](O)CCS1(=O)=O. The molecule has 1 rings (SSSR count). The van der Waals surface area contributed by atoms with E-state index in [2.05, 4.69) is 4.74 Å². The van der Waals surface area contributed by atoms with Crippen molar-refractivity contribution < 1.29 is 18.3 Å². The van der Waals surface area contributed by atoms with E-state index in [4.69, 9.17) is 5.11 Å². The van der Waals surface area contributed by atoms with E-state index in [1.54, 1.807) is 0 Å². The molecular formula is C5H10O4S. The highest BCUT2D eigenvalue weighted by atomic mass is 32.2. The van der Waals surface area contributed by atoms with Crippen molar-refractivity contribution in [1.29, 1.82) is 0 Å². The number of hydrogen-bond donors (Lipinski definition) is 1. The van der Waals surface area contributed by atoms with Gasteiger partial charge in [0.2, 0.25) is 0 Å². The van der Waals surface area contributed by atoms with E-state index in [0.29, 0.717) is 6.42 Å². The van der Waals surface area contributed by atoms with E-state index in [-0.39, 0.29) is 5.75 Å². The first kappa shape index (κ1) is 7.97. The Bertz CT molecular complexity index is 208. The predicted octanol–water partition coefficient (Wildman–Crippen LogP) is -0.862. The minimum absolute atomic E-state index is 0.0344. The molecular weight excluding hydrogens is 156 g/mol. The van der Waals surface area contributed by atoms with Gasteiger partial charge >= 0.3 is 0 Å². The second-order valence-electron chi connectivity index (χ2n) is 2.33. The minimum atomic E-state index is -3.16. The van der Waals surface area contributed by atoms with Crippen LogP contribution in [-0.2, 0) is 14.6 Å². The molecule has 1 aliphatic rings. The third kappa shape index (κ3) is 1.16. The number of aliphatic hydroxyl groups is 1. The Labute approximate surface area is 59.7 Å². The summed E-state index contributed by atoms with van der Waals surface area (Å²) in [6.45, 7) is 0. The molecule has 0 aliphatic carbocycles. The highest BCUT2D eigenvalue weighted by Gasteiger charge is 2.39. The number of sulfone groups is 1. The highest BCUT2D eigenvalue weighted by Crippen LogP contribution is 2.20. The van der Waals surface area contributed by atoms with Crippen LogP contribution in [0.2, 0.25) is 0 Å². The van der Waals surface area contributed by atoms with E-state index in [1.807, 2.05) is 0 Å². The lowest BCUT2D eigenvalue weighted by atomic mass is 10.3. The van der Waals surface area contributed by atoms with Crippen LogP contribution >= 0.6 is 0 Å². The monoisotopic (exact) mass is 166 g/mol. The Kier molecular flexibility index (Phi) is 1.98. The van der Waals surface area contributed by atoms with E-state index in [1.165, 1.54) is 7.11 Å². The van der Waals surface area contributed by atoms with Crippen LogP contribution < -0.4 is 0 Å². The van der Waals surface area contributed by atoms with Gasteiger partial charge in [-0.2, -0.15) is 0 Å². The van der Waals surface area contributed by atoms with E-state index in [9.17, 15) is 8.42 Å². The number of rotatable bonds is 1. The molecule has 0 unspecified atom stereocenters. The maximum Gasteiger partial charge on any atom is 0.183 e. The van der Waals surface area contributed by atoms with Crippen molar-refractivity contribution in [2.24, 2.45) is 0 Å². The Morgan fingerprint density at radius 1 is 1.60 bits per heavy atom. The molecule has 1 saturated heterocycles. The van der Waals surface area contributed by atoms with Crippen LogP contribution in [0, 0.1) is 0 Å². The summed E-state index contributed by atoms with van der Waals surface area (Å²) in [6, 6.07) is 0. The first-order valence-corrected chi connectivity index (χ1v) is 4.72. The quantitative estimate of drug-likeness (QED) is 0.550. The summed E-state index contributed by atoms with van der Waals surface area (Å²) >= 11 is 0. The van der Waals surface area contributed by atoms with Crippen LogP contribution in [0.4, 0.5) is 0 Å². The van der Waals surface area contributed by atoms with Crippen molar-refractivity contribution in [1.82, 2.24) is 0 Å². The molecule has 0 bridgehead atoms. The molecule has 0 aromatic rings. The lowest BCUT2D eigenvalue weighted by Gasteiger charge is -2.09. The zero-order valence-electron chi connectivity index (χ0n) is 5.65. The Balaban J connectivity index is 2.84. The number of aliphatic hydroxyl groups excluding tert-OH is 1. The zero-order chi connectivity index (χ0) is 7.78. The molecule has 2 atom stereocenters. The zero-order valence-corrected chi connectivity index (χ0v) is 6.47. The topological polar surface area (TPSA) is 63.6 Å². The lowest BCUT2D eigenvalue weighted by Crippen LogP contribution is -2.27.